The Morgan fingerprint density at radius 1 is 0.430 bits per heavy atom. The average Bonchev–Trinajstić information content (AvgIpc) is 2.21. The molecule has 12 N–H and O–H groups in total. The van der Waals surface area contributed by atoms with Crippen molar-refractivity contribution in [2.45, 2.75) is 330 Å². The minimum atomic E-state index is -1.98. The first-order valence-electron chi connectivity index (χ1n) is 33.5. The molecular weight excluding hydrogens is 1110 g/mol. The SMILES string of the molecule is CC/C=C\C/C=C\C/C=C\C/C=C\CCCCCCCCCCC(=O)NC(COC1OC(CO)C(OC2OC(CO)C(OC3OC(CO)C(O)C(O)C3O)C(O)C2O)C(O)C1O)C(O)/C=C/CCCCCCCCCCCCCCCCCCCC. The summed E-state index contributed by atoms with van der Waals surface area (Å²) in [4.78, 5) is 13.4. The van der Waals surface area contributed by atoms with E-state index < -0.39 is 124 Å². The molecule has 17 unspecified atom stereocenters. The van der Waals surface area contributed by atoms with Crippen LogP contribution in [0, 0.1) is 0 Å². The van der Waals surface area contributed by atoms with Crippen LogP contribution in [0.5, 0.6) is 0 Å². The number of hydrogen-bond acceptors (Lipinski definition) is 18. The summed E-state index contributed by atoms with van der Waals surface area (Å²) >= 11 is 0. The predicted molar refractivity (Wildman–Crippen MR) is 332 cm³/mol. The molecule has 86 heavy (non-hydrogen) atoms. The molecule has 0 aromatic carbocycles. The van der Waals surface area contributed by atoms with Gasteiger partial charge in [0.05, 0.1) is 38.6 Å². The van der Waals surface area contributed by atoms with Crippen LogP contribution in [0.4, 0.5) is 0 Å². The van der Waals surface area contributed by atoms with Crippen LogP contribution in [-0.2, 0) is 33.2 Å². The minimum absolute atomic E-state index is 0.232. The molecule has 19 heteroatoms. The number of rotatable bonds is 50. The minimum Gasteiger partial charge on any atom is -0.394 e. The zero-order valence-corrected chi connectivity index (χ0v) is 52.5. The fraction of sp³-hybridized carbons (Fsp3) is 0.836. The second-order valence-electron chi connectivity index (χ2n) is 23.9. The number of carbonyl (C=O) groups excluding carboxylic acids is 1. The van der Waals surface area contributed by atoms with Gasteiger partial charge in [0.1, 0.15) is 73.2 Å². The van der Waals surface area contributed by atoms with Gasteiger partial charge in [0.2, 0.25) is 5.91 Å². The Bertz CT molecular complexity index is 1800. The molecular formula is C67H119NO18. The van der Waals surface area contributed by atoms with Gasteiger partial charge in [-0.15, -0.1) is 0 Å². The second-order valence-corrected chi connectivity index (χ2v) is 23.9. The van der Waals surface area contributed by atoms with E-state index in [4.69, 9.17) is 28.4 Å². The molecule has 3 rings (SSSR count). The molecule has 1 amide bonds. The third-order valence-electron chi connectivity index (χ3n) is 16.6. The molecule has 0 saturated carbocycles. The van der Waals surface area contributed by atoms with Crippen molar-refractivity contribution in [1.29, 1.82) is 0 Å². The lowest BCUT2D eigenvalue weighted by molar-refractivity contribution is -0.379. The fourth-order valence-electron chi connectivity index (χ4n) is 11.1. The van der Waals surface area contributed by atoms with Gasteiger partial charge in [-0.2, -0.15) is 0 Å². The lowest BCUT2D eigenvalue weighted by Gasteiger charge is -2.48. The standard InChI is InChI=1S/C67H119NO18/c1-3-5-7-9-11-13-15-17-19-21-23-25-27-29-31-33-35-37-39-41-43-45-55(73)68-50(51(72)44-42-40-38-36-34-32-30-28-26-24-22-20-18-16-14-12-10-8-6-4-2)49-81-65-61(79)58(76)63(53(47-70)83-65)86-67-62(80)59(77)64(54(48-71)84-67)85-66-60(78)57(75)56(74)52(46-69)82-66/h5,7,11,13,17,19,23,25,42,44,50-54,56-67,69-72,74-80H,3-4,6,8-10,12,14-16,18,20-22,24,26-41,43,45-49H2,1-2H3,(H,68,73)/b7-5-,13-11-,19-17-,25-23-,44-42+. The first-order chi connectivity index (χ1) is 41.8. The number of unbranched alkanes of at least 4 members (excludes halogenated alkanes) is 26. The maximum atomic E-state index is 13.4. The molecule has 0 aliphatic carbocycles. The van der Waals surface area contributed by atoms with E-state index in [-0.39, 0.29) is 18.9 Å². The van der Waals surface area contributed by atoms with Crippen LogP contribution >= 0.6 is 0 Å². The number of carbonyl (C=O) groups is 1. The van der Waals surface area contributed by atoms with Crippen LogP contribution in [0.15, 0.2) is 60.8 Å². The molecule has 19 nitrogen and oxygen atoms in total. The molecule has 3 fully saturated rings. The molecule has 3 aliphatic rings. The highest BCUT2D eigenvalue weighted by molar-refractivity contribution is 5.76. The number of nitrogens with one attached hydrogen (secondary N) is 1. The zero-order valence-electron chi connectivity index (χ0n) is 52.5. The van der Waals surface area contributed by atoms with E-state index in [1.807, 2.05) is 6.08 Å². The maximum Gasteiger partial charge on any atom is 0.220 e. The van der Waals surface area contributed by atoms with Crippen LogP contribution < -0.4 is 5.32 Å². The van der Waals surface area contributed by atoms with Crippen molar-refractivity contribution in [3.63, 3.8) is 0 Å². The van der Waals surface area contributed by atoms with E-state index in [0.29, 0.717) is 6.42 Å². The number of aliphatic hydroxyl groups excluding tert-OH is 11. The number of amides is 1. The lowest BCUT2D eigenvalue weighted by atomic mass is 9.96. The summed E-state index contributed by atoms with van der Waals surface area (Å²) in [6, 6.07) is -0.980. The third kappa shape index (κ3) is 31.5. The summed E-state index contributed by atoms with van der Waals surface area (Å²) in [7, 11) is 0. The molecule has 3 heterocycles. The Labute approximate surface area is 515 Å². The normalized spacial score (nSPS) is 29.2. The van der Waals surface area contributed by atoms with Crippen molar-refractivity contribution >= 4 is 5.91 Å². The van der Waals surface area contributed by atoms with Gasteiger partial charge in [-0.3, -0.25) is 4.79 Å². The molecule has 0 spiro atoms. The van der Waals surface area contributed by atoms with Gasteiger partial charge >= 0.3 is 0 Å². The average molecular weight is 1230 g/mol. The molecule has 17 atom stereocenters. The van der Waals surface area contributed by atoms with Gasteiger partial charge in [-0.25, -0.2) is 0 Å². The maximum absolute atomic E-state index is 13.4. The topological polar surface area (TPSA) is 307 Å². The van der Waals surface area contributed by atoms with Gasteiger partial charge < -0.3 is 89.9 Å². The summed E-state index contributed by atoms with van der Waals surface area (Å²) in [5.41, 5.74) is 0. The number of allylic oxidation sites excluding steroid dienone is 9. The zero-order chi connectivity index (χ0) is 62.6. The predicted octanol–water partition coefficient (Wildman–Crippen LogP) is 7.99. The monoisotopic (exact) mass is 1230 g/mol. The van der Waals surface area contributed by atoms with Crippen molar-refractivity contribution in [3.8, 4) is 0 Å². The van der Waals surface area contributed by atoms with Crippen LogP contribution in [0.3, 0.4) is 0 Å². The molecule has 3 aliphatic heterocycles. The summed E-state index contributed by atoms with van der Waals surface area (Å²) in [5.74, 6) is -0.285. The van der Waals surface area contributed by atoms with Crippen LogP contribution in [0.1, 0.15) is 226 Å². The van der Waals surface area contributed by atoms with E-state index in [1.54, 1.807) is 6.08 Å². The Kier molecular flexibility index (Phi) is 44.5. The van der Waals surface area contributed by atoms with Crippen molar-refractivity contribution in [2.75, 3.05) is 26.4 Å². The highest BCUT2D eigenvalue weighted by Crippen LogP contribution is 2.33. The van der Waals surface area contributed by atoms with Crippen molar-refractivity contribution in [2.24, 2.45) is 0 Å². The first-order valence-corrected chi connectivity index (χ1v) is 33.5. The van der Waals surface area contributed by atoms with Crippen LogP contribution in [-0.4, -0.2) is 193 Å². The Morgan fingerprint density at radius 3 is 1.26 bits per heavy atom. The highest BCUT2D eigenvalue weighted by Gasteiger charge is 2.53. The highest BCUT2D eigenvalue weighted by atomic mass is 16.8. The summed E-state index contributed by atoms with van der Waals surface area (Å²) in [6.07, 6.45) is 31.8. The van der Waals surface area contributed by atoms with E-state index in [9.17, 15) is 61.0 Å². The Hall–Kier alpha value is -2.51. The van der Waals surface area contributed by atoms with Crippen molar-refractivity contribution in [3.05, 3.63) is 60.8 Å². The Morgan fingerprint density at radius 2 is 0.802 bits per heavy atom. The van der Waals surface area contributed by atoms with E-state index in [0.717, 1.165) is 83.5 Å². The molecule has 0 radical (unpaired) electrons. The van der Waals surface area contributed by atoms with Crippen molar-refractivity contribution < 1.29 is 89.4 Å². The van der Waals surface area contributed by atoms with Crippen LogP contribution in [0.25, 0.3) is 0 Å². The van der Waals surface area contributed by atoms with Gasteiger partial charge in [0.15, 0.2) is 18.9 Å². The van der Waals surface area contributed by atoms with Gasteiger partial charge in [0.25, 0.3) is 0 Å². The molecule has 500 valence electrons. The van der Waals surface area contributed by atoms with E-state index >= 15 is 0 Å². The largest absolute Gasteiger partial charge is 0.394 e. The summed E-state index contributed by atoms with van der Waals surface area (Å²) < 4.78 is 34.3. The first kappa shape index (κ1) is 77.7. The molecule has 0 aromatic rings. The summed E-state index contributed by atoms with van der Waals surface area (Å²) in [5, 5.41) is 120. The Balaban J connectivity index is 1.47. The fourth-order valence-corrected chi connectivity index (χ4v) is 11.1. The van der Waals surface area contributed by atoms with Gasteiger partial charge in [-0.1, -0.05) is 222 Å². The second kappa shape index (κ2) is 49.2. The van der Waals surface area contributed by atoms with Gasteiger partial charge in [0, 0.05) is 6.42 Å². The third-order valence-corrected chi connectivity index (χ3v) is 16.6. The van der Waals surface area contributed by atoms with Crippen molar-refractivity contribution in [1.82, 2.24) is 5.32 Å². The van der Waals surface area contributed by atoms with E-state index in [2.05, 4.69) is 67.8 Å². The van der Waals surface area contributed by atoms with E-state index in [1.165, 1.54) is 116 Å². The smallest absolute Gasteiger partial charge is 0.220 e. The molecule has 0 aromatic heterocycles. The quantitative estimate of drug-likeness (QED) is 0.0203. The number of aliphatic hydroxyl groups is 11. The summed E-state index contributed by atoms with van der Waals surface area (Å²) in [6.45, 7) is 1.62. The van der Waals surface area contributed by atoms with Crippen LogP contribution in [0.2, 0.25) is 0 Å². The molecule has 0 bridgehead atoms. The van der Waals surface area contributed by atoms with Gasteiger partial charge in [-0.05, 0) is 57.8 Å². The number of ether oxygens (including phenoxy) is 6. The number of hydrogen-bond donors (Lipinski definition) is 12. The lowest BCUT2D eigenvalue weighted by Crippen LogP contribution is -2.66. The molecule has 3 saturated heterocycles.